The highest BCUT2D eigenvalue weighted by Gasteiger charge is 2.09. The van der Waals surface area contributed by atoms with E-state index in [0.717, 1.165) is 17.7 Å². The van der Waals surface area contributed by atoms with Crippen molar-refractivity contribution in [2.45, 2.75) is 19.9 Å². The van der Waals surface area contributed by atoms with Crippen LogP contribution in [0.3, 0.4) is 0 Å². The first-order valence-electron chi connectivity index (χ1n) is 7.00. The van der Waals surface area contributed by atoms with Crippen LogP contribution < -0.4 is 10.6 Å². The molecule has 0 unspecified atom stereocenters. The molecular formula is C17H17N3O2. The smallest absolute Gasteiger partial charge is 0.263 e. The lowest BCUT2D eigenvalue weighted by molar-refractivity contribution is -0.117. The Labute approximate surface area is 129 Å². The molecule has 1 amide bonds. The van der Waals surface area contributed by atoms with Crippen molar-refractivity contribution in [3.8, 4) is 6.07 Å². The Morgan fingerprint density at radius 3 is 2.82 bits per heavy atom. The lowest BCUT2D eigenvalue weighted by Crippen LogP contribution is -2.24. The summed E-state index contributed by atoms with van der Waals surface area (Å²) in [5.41, 5.74) is 2.01. The summed E-state index contributed by atoms with van der Waals surface area (Å²) in [4.78, 5) is 12.0. The maximum atomic E-state index is 12.0. The van der Waals surface area contributed by atoms with Crippen molar-refractivity contribution in [3.05, 3.63) is 65.8 Å². The molecule has 0 aliphatic rings. The van der Waals surface area contributed by atoms with Gasteiger partial charge in [0, 0.05) is 11.9 Å². The Balaban J connectivity index is 2.01. The lowest BCUT2D eigenvalue weighted by atomic mass is 10.1. The number of nitrogens with one attached hydrogen (secondary N) is 2. The van der Waals surface area contributed by atoms with Gasteiger partial charge in [0.1, 0.15) is 17.4 Å². The van der Waals surface area contributed by atoms with Crippen LogP contribution >= 0.6 is 0 Å². The molecule has 0 aliphatic heterocycles. The highest BCUT2D eigenvalue weighted by atomic mass is 16.3. The van der Waals surface area contributed by atoms with Gasteiger partial charge in [-0.05, 0) is 30.2 Å². The molecule has 0 fully saturated rings. The van der Waals surface area contributed by atoms with Crippen molar-refractivity contribution < 1.29 is 9.21 Å². The predicted molar refractivity (Wildman–Crippen MR) is 83.7 cm³/mol. The van der Waals surface area contributed by atoms with E-state index in [2.05, 4.69) is 10.6 Å². The number of nitrogens with zero attached hydrogens (tertiary/aromatic N) is 1. The van der Waals surface area contributed by atoms with Gasteiger partial charge in [0.05, 0.1) is 12.8 Å². The van der Waals surface area contributed by atoms with E-state index < -0.39 is 5.91 Å². The number of aryl methyl sites for hydroxylation is 1. The van der Waals surface area contributed by atoms with Crippen LogP contribution in [-0.4, -0.2) is 5.91 Å². The second-order valence-electron chi connectivity index (χ2n) is 4.59. The topological polar surface area (TPSA) is 78.1 Å². The average molecular weight is 295 g/mol. The molecule has 0 atom stereocenters. The summed E-state index contributed by atoms with van der Waals surface area (Å²) in [7, 11) is 0. The van der Waals surface area contributed by atoms with Crippen LogP contribution in [0, 0.1) is 11.3 Å². The Kier molecular flexibility index (Phi) is 5.38. The summed E-state index contributed by atoms with van der Waals surface area (Å²) in [6.07, 6.45) is 3.82. The summed E-state index contributed by atoms with van der Waals surface area (Å²) >= 11 is 0. The number of carbonyl (C=O) groups excluding carboxylic acids is 1. The van der Waals surface area contributed by atoms with Crippen LogP contribution in [0.15, 0.2) is 58.9 Å². The van der Waals surface area contributed by atoms with Gasteiger partial charge in [0.15, 0.2) is 0 Å². The number of rotatable bonds is 6. The summed E-state index contributed by atoms with van der Waals surface area (Å²) in [6.45, 7) is 2.29. The maximum absolute atomic E-state index is 12.0. The molecule has 0 saturated carbocycles. The molecule has 5 heteroatoms. The third-order valence-electron chi connectivity index (χ3n) is 3.14. The minimum absolute atomic E-state index is 0.0115. The molecule has 0 spiro atoms. The molecule has 2 aromatic rings. The van der Waals surface area contributed by atoms with Crippen molar-refractivity contribution in [3.63, 3.8) is 0 Å². The standard InChI is InChI=1S/C17H17N3O2/c1-2-13-6-3-4-8-16(13)19-11-14(10-18)17(21)20-12-15-7-5-9-22-15/h3-9,11,19H,2,12H2,1H3,(H,20,21)/b14-11-. The molecule has 22 heavy (non-hydrogen) atoms. The summed E-state index contributed by atoms with van der Waals surface area (Å²) in [5, 5.41) is 14.8. The Morgan fingerprint density at radius 1 is 1.32 bits per heavy atom. The first-order valence-corrected chi connectivity index (χ1v) is 7.00. The molecule has 0 bridgehead atoms. The largest absolute Gasteiger partial charge is 0.467 e. The fourth-order valence-corrected chi connectivity index (χ4v) is 1.94. The number of anilines is 1. The summed E-state index contributed by atoms with van der Waals surface area (Å²) in [6, 6.07) is 13.2. The number of amides is 1. The highest BCUT2D eigenvalue weighted by Crippen LogP contribution is 2.15. The van der Waals surface area contributed by atoms with E-state index in [1.54, 1.807) is 12.1 Å². The van der Waals surface area contributed by atoms with Gasteiger partial charge in [0.2, 0.25) is 0 Å². The van der Waals surface area contributed by atoms with Crippen molar-refractivity contribution in [2.75, 3.05) is 5.32 Å². The normalized spacial score (nSPS) is 10.8. The van der Waals surface area contributed by atoms with E-state index in [1.807, 2.05) is 37.3 Å². The molecule has 2 N–H and O–H groups in total. The molecule has 1 aromatic carbocycles. The van der Waals surface area contributed by atoms with E-state index in [1.165, 1.54) is 12.5 Å². The number of hydrogen-bond acceptors (Lipinski definition) is 4. The Hall–Kier alpha value is -3.00. The molecule has 5 nitrogen and oxygen atoms in total. The lowest BCUT2D eigenvalue weighted by Gasteiger charge is -2.07. The number of carbonyl (C=O) groups is 1. The van der Waals surface area contributed by atoms with E-state index in [-0.39, 0.29) is 12.1 Å². The molecule has 0 radical (unpaired) electrons. The van der Waals surface area contributed by atoms with Crippen LogP contribution in [0.25, 0.3) is 0 Å². The van der Waals surface area contributed by atoms with Crippen LogP contribution in [0.5, 0.6) is 0 Å². The highest BCUT2D eigenvalue weighted by molar-refractivity contribution is 5.97. The molecule has 0 aliphatic carbocycles. The molecule has 1 heterocycles. The number of para-hydroxylation sites is 1. The molecule has 2 rings (SSSR count). The van der Waals surface area contributed by atoms with Gasteiger partial charge in [-0.3, -0.25) is 4.79 Å². The average Bonchev–Trinajstić information content (AvgIpc) is 3.07. The van der Waals surface area contributed by atoms with Gasteiger partial charge in [-0.1, -0.05) is 25.1 Å². The third kappa shape index (κ3) is 4.00. The zero-order chi connectivity index (χ0) is 15.8. The van der Waals surface area contributed by atoms with Crippen molar-refractivity contribution in [2.24, 2.45) is 0 Å². The maximum Gasteiger partial charge on any atom is 0.263 e. The Bertz CT molecular complexity index is 697. The summed E-state index contributed by atoms with van der Waals surface area (Å²) < 4.78 is 5.12. The Morgan fingerprint density at radius 2 is 2.14 bits per heavy atom. The third-order valence-corrected chi connectivity index (χ3v) is 3.14. The molecule has 1 aromatic heterocycles. The monoisotopic (exact) mass is 295 g/mol. The SMILES string of the molecule is CCc1ccccc1N/C=C(/C#N)C(=O)NCc1ccco1. The molecule has 112 valence electrons. The number of nitriles is 1. The molecule has 0 saturated heterocycles. The number of benzene rings is 1. The van der Waals surface area contributed by atoms with Gasteiger partial charge < -0.3 is 15.1 Å². The van der Waals surface area contributed by atoms with E-state index in [9.17, 15) is 4.79 Å². The first kappa shape index (κ1) is 15.4. The van der Waals surface area contributed by atoms with Crippen LogP contribution in [0.4, 0.5) is 5.69 Å². The fraction of sp³-hybridized carbons (Fsp3) is 0.176. The van der Waals surface area contributed by atoms with Crippen LogP contribution in [-0.2, 0) is 17.8 Å². The van der Waals surface area contributed by atoms with Crippen molar-refractivity contribution in [1.82, 2.24) is 5.32 Å². The predicted octanol–water partition coefficient (Wildman–Crippen LogP) is 2.98. The van der Waals surface area contributed by atoms with Gasteiger partial charge in [0.25, 0.3) is 5.91 Å². The van der Waals surface area contributed by atoms with Crippen molar-refractivity contribution >= 4 is 11.6 Å². The number of hydrogen-bond donors (Lipinski definition) is 2. The molecular weight excluding hydrogens is 278 g/mol. The second kappa shape index (κ2) is 7.70. The quantitative estimate of drug-likeness (QED) is 0.634. The first-order chi connectivity index (χ1) is 10.7. The fourth-order valence-electron chi connectivity index (χ4n) is 1.94. The van der Waals surface area contributed by atoms with Crippen molar-refractivity contribution in [1.29, 1.82) is 5.26 Å². The minimum Gasteiger partial charge on any atom is -0.467 e. The van der Waals surface area contributed by atoms with Gasteiger partial charge in [-0.2, -0.15) is 5.26 Å². The van der Waals surface area contributed by atoms with Gasteiger partial charge in [-0.25, -0.2) is 0 Å². The zero-order valence-corrected chi connectivity index (χ0v) is 12.3. The summed E-state index contributed by atoms with van der Waals surface area (Å²) in [5.74, 6) is 0.190. The van der Waals surface area contributed by atoms with Crippen LogP contribution in [0.2, 0.25) is 0 Å². The minimum atomic E-state index is -0.444. The second-order valence-corrected chi connectivity index (χ2v) is 4.59. The van der Waals surface area contributed by atoms with Gasteiger partial charge in [-0.15, -0.1) is 0 Å². The van der Waals surface area contributed by atoms with Gasteiger partial charge >= 0.3 is 0 Å². The number of furan rings is 1. The van der Waals surface area contributed by atoms with E-state index in [4.69, 9.17) is 9.68 Å². The van der Waals surface area contributed by atoms with Crippen LogP contribution in [0.1, 0.15) is 18.2 Å². The van der Waals surface area contributed by atoms with E-state index in [0.29, 0.717) is 5.76 Å². The zero-order valence-electron chi connectivity index (χ0n) is 12.3. The van der Waals surface area contributed by atoms with E-state index >= 15 is 0 Å².